The van der Waals surface area contributed by atoms with Crippen LogP contribution in [0, 0.1) is 11.7 Å². The van der Waals surface area contributed by atoms with Gasteiger partial charge in [-0.3, -0.25) is 9.59 Å². The first-order chi connectivity index (χ1) is 15.0. The van der Waals surface area contributed by atoms with Crippen molar-refractivity contribution in [1.29, 1.82) is 0 Å². The fraction of sp³-hybridized carbons (Fsp3) is 0.360. The minimum Gasteiger partial charge on any atom is -0.344 e. The van der Waals surface area contributed by atoms with Gasteiger partial charge in [0.2, 0.25) is 0 Å². The predicted molar refractivity (Wildman–Crippen MR) is 116 cm³/mol. The molecule has 1 aliphatic heterocycles. The summed E-state index contributed by atoms with van der Waals surface area (Å²) in [6, 6.07) is 14.4. The number of nitrogens with one attached hydrogen (secondary N) is 2. The van der Waals surface area contributed by atoms with Crippen molar-refractivity contribution in [3.05, 3.63) is 76.7 Å². The average molecular weight is 420 g/mol. The van der Waals surface area contributed by atoms with Crippen LogP contribution in [0.4, 0.5) is 4.39 Å². The van der Waals surface area contributed by atoms with Crippen LogP contribution in [0.5, 0.6) is 0 Å². The maximum absolute atomic E-state index is 14.7. The van der Waals surface area contributed by atoms with E-state index in [1.165, 1.54) is 12.5 Å². The summed E-state index contributed by atoms with van der Waals surface area (Å²) in [7, 11) is 0. The quantitative estimate of drug-likeness (QED) is 0.746. The highest BCUT2D eigenvalue weighted by molar-refractivity contribution is 6.21. The van der Waals surface area contributed by atoms with Gasteiger partial charge in [0.25, 0.3) is 5.91 Å². The lowest BCUT2D eigenvalue weighted by Gasteiger charge is -2.39. The smallest absolute Gasteiger partial charge is 0.254 e. The van der Waals surface area contributed by atoms with E-state index >= 15 is 0 Å². The fourth-order valence-corrected chi connectivity index (χ4v) is 4.50. The predicted octanol–water partition coefficient (Wildman–Crippen LogP) is 3.88. The Morgan fingerprint density at radius 2 is 1.87 bits per heavy atom. The van der Waals surface area contributed by atoms with E-state index in [2.05, 4.69) is 10.7 Å². The molecule has 31 heavy (non-hydrogen) atoms. The lowest BCUT2D eigenvalue weighted by Crippen LogP contribution is -2.48. The summed E-state index contributed by atoms with van der Waals surface area (Å²) >= 11 is 0. The SMILES string of the molecule is CC1=C(C(=O)N[C@H](c2ccccc2)C2CC2=O)c2cccc(F)c2CN1NC1CCC1. The van der Waals surface area contributed by atoms with Crippen LogP contribution in [0.15, 0.2) is 54.2 Å². The molecule has 0 aromatic heterocycles. The zero-order valence-electron chi connectivity index (χ0n) is 17.5. The highest BCUT2D eigenvalue weighted by atomic mass is 19.1. The van der Waals surface area contributed by atoms with Crippen LogP contribution in [-0.2, 0) is 16.1 Å². The van der Waals surface area contributed by atoms with E-state index in [1.807, 2.05) is 42.3 Å². The molecule has 6 heteroatoms. The fourth-order valence-electron chi connectivity index (χ4n) is 4.50. The number of Topliss-reactive ketones (excluding diaryl/α,β-unsaturated/α-hetero) is 1. The molecule has 0 bridgehead atoms. The minimum absolute atomic E-state index is 0.156. The van der Waals surface area contributed by atoms with Crippen molar-refractivity contribution < 1.29 is 14.0 Å². The maximum Gasteiger partial charge on any atom is 0.254 e. The summed E-state index contributed by atoms with van der Waals surface area (Å²) < 4.78 is 14.7. The molecular formula is C25H26FN3O2. The van der Waals surface area contributed by atoms with E-state index < -0.39 is 0 Å². The number of halogens is 1. The molecule has 2 aromatic carbocycles. The lowest BCUT2D eigenvalue weighted by molar-refractivity contribution is -0.116. The molecule has 1 unspecified atom stereocenters. The van der Waals surface area contributed by atoms with Crippen LogP contribution in [-0.4, -0.2) is 22.7 Å². The Morgan fingerprint density at radius 1 is 1.13 bits per heavy atom. The second-order valence-electron chi connectivity index (χ2n) is 8.71. The molecular weight excluding hydrogens is 393 g/mol. The van der Waals surface area contributed by atoms with Gasteiger partial charge < -0.3 is 10.3 Å². The number of benzene rings is 2. The monoisotopic (exact) mass is 419 g/mol. The molecule has 5 rings (SSSR count). The lowest BCUT2D eigenvalue weighted by atomic mass is 9.91. The summed E-state index contributed by atoms with van der Waals surface area (Å²) in [5.74, 6) is -0.638. The van der Waals surface area contributed by atoms with Crippen molar-refractivity contribution in [2.45, 2.75) is 51.2 Å². The second-order valence-corrected chi connectivity index (χ2v) is 8.71. The maximum atomic E-state index is 14.7. The van der Waals surface area contributed by atoms with Crippen molar-refractivity contribution in [3.8, 4) is 0 Å². The number of ketones is 1. The number of hydrogen-bond acceptors (Lipinski definition) is 4. The Balaban J connectivity index is 1.49. The van der Waals surface area contributed by atoms with Gasteiger partial charge in [-0.15, -0.1) is 0 Å². The normalized spacial score (nSPS) is 21.4. The number of rotatable bonds is 6. The van der Waals surface area contributed by atoms with Gasteiger partial charge in [-0.05, 0) is 37.0 Å². The first kappa shape index (κ1) is 19.9. The average Bonchev–Trinajstić information content (AvgIpc) is 3.46. The number of carbonyl (C=O) groups excluding carboxylic acids is 2. The molecule has 3 aliphatic rings. The van der Waals surface area contributed by atoms with Crippen LogP contribution < -0.4 is 10.7 Å². The summed E-state index contributed by atoms with van der Waals surface area (Å²) in [6.07, 6.45) is 3.81. The van der Waals surface area contributed by atoms with Gasteiger partial charge in [0.05, 0.1) is 18.2 Å². The van der Waals surface area contributed by atoms with E-state index in [4.69, 9.17) is 0 Å². The van der Waals surface area contributed by atoms with Crippen LogP contribution >= 0.6 is 0 Å². The molecule has 0 spiro atoms. The Hall–Kier alpha value is -2.99. The van der Waals surface area contributed by atoms with Gasteiger partial charge in [0.1, 0.15) is 11.6 Å². The van der Waals surface area contributed by atoms with Crippen molar-refractivity contribution >= 4 is 17.3 Å². The molecule has 2 saturated carbocycles. The van der Waals surface area contributed by atoms with Gasteiger partial charge in [0.15, 0.2) is 0 Å². The Bertz CT molecular complexity index is 1060. The number of carbonyl (C=O) groups is 2. The molecule has 1 amide bonds. The molecule has 1 heterocycles. The van der Waals surface area contributed by atoms with Gasteiger partial charge >= 0.3 is 0 Å². The van der Waals surface area contributed by atoms with Gasteiger partial charge in [-0.2, -0.15) is 0 Å². The first-order valence-electron chi connectivity index (χ1n) is 10.9. The molecule has 2 aromatic rings. The zero-order valence-corrected chi connectivity index (χ0v) is 17.5. The van der Waals surface area contributed by atoms with Crippen LogP contribution in [0.25, 0.3) is 5.57 Å². The van der Waals surface area contributed by atoms with Crippen molar-refractivity contribution in [1.82, 2.24) is 15.8 Å². The Morgan fingerprint density at radius 3 is 2.52 bits per heavy atom. The Kier molecular flexibility index (Phi) is 5.10. The zero-order chi connectivity index (χ0) is 21.5. The van der Waals surface area contributed by atoms with Crippen LogP contribution in [0.1, 0.15) is 55.3 Å². The summed E-state index contributed by atoms with van der Waals surface area (Å²) in [4.78, 5) is 25.5. The van der Waals surface area contributed by atoms with Gasteiger partial charge in [-0.25, -0.2) is 9.82 Å². The third-order valence-electron chi connectivity index (χ3n) is 6.66. The van der Waals surface area contributed by atoms with E-state index in [1.54, 1.807) is 12.1 Å². The summed E-state index contributed by atoms with van der Waals surface area (Å²) in [6.45, 7) is 2.28. The number of hydrazine groups is 1. The molecule has 2 fully saturated rings. The highest BCUT2D eigenvalue weighted by Gasteiger charge is 2.43. The molecule has 0 saturated heterocycles. The van der Waals surface area contributed by atoms with Crippen LogP contribution in [0.2, 0.25) is 0 Å². The van der Waals surface area contributed by atoms with Crippen LogP contribution in [0.3, 0.4) is 0 Å². The molecule has 2 aliphatic carbocycles. The molecule has 0 radical (unpaired) electrons. The summed E-state index contributed by atoms with van der Waals surface area (Å²) in [5, 5.41) is 5.00. The van der Waals surface area contributed by atoms with Gasteiger partial charge in [0, 0.05) is 29.6 Å². The largest absolute Gasteiger partial charge is 0.344 e. The number of amides is 1. The molecule has 2 N–H and O–H groups in total. The van der Waals surface area contributed by atoms with E-state index in [-0.39, 0.29) is 29.5 Å². The third-order valence-corrected chi connectivity index (χ3v) is 6.66. The van der Waals surface area contributed by atoms with Crippen molar-refractivity contribution in [2.75, 3.05) is 0 Å². The standard InChI is InChI=1S/C25H26FN3O2/c1-15-23(25(31)27-24(19-13-22(19)30)16-7-3-2-4-8-16)18-11-6-12-21(26)20(18)14-29(15)28-17-9-5-10-17/h2-4,6-8,11-12,17,19,24,28H,5,9-10,13-14H2,1H3,(H,27,31)/t19?,24-/m1/s1. The third kappa shape index (κ3) is 3.76. The number of hydrogen-bond donors (Lipinski definition) is 2. The van der Waals surface area contributed by atoms with E-state index in [0.29, 0.717) is 35.7 Å². The number of nitrogens with zero attached hydrogens (tertiary/aromatic N) is 1. The first-order valence-corrected chi connectivity index (χ1v) is 10.9. The van der Waals surface area contributed by atoms with E-state index in [0.717, 1.165) is 24.1 Å². The van der Waals surface area contributed by atoms with Gasteiger partial charge in [-0.1, -0.05) is 48.9 Å². The molecule has 2 atom stereocenters. The van der Waals surface area contributed by atoms with E-state index in [9.17, 15) is 14.0 Å². The Labute approximate surface area is 181 Å². The number of allylic oxidation sites excluding steroid dienone is 1. The minimum atomic E-state index is -0.381. The highest BCUT2D eigenvalue weighted by Crippen LogP contribution is 2.39. The van der Waals surface area contributed by atoms with Crippen molar-refractivity contribution in [2.24, 2.45) is 5.92 Å². The number of fused-ring (bicyclic) bond motifs is 1. The molecule has 5 nitrogen and oxygen atoms in total. The topological polar surface area (TPSA) is 61.4 Å². The summed E-state index contributed by atoms with van der Waals surface area (Å²) in [5.41, 5.74) is 6.74. The second kappa shape index (κ2) is 7.93. The molecule has 160 valence electrons. The van der Waals surface area contributed by atoms with Crippen molar-refractivity contribution in [3.63, 3.8) is 0 Å².